The summed E-state index contributed by atoms with van der Waals surface area (Å²) in [7, 11) is 1.88. The molecule has 0 unspecified atom stereocenters. The van der Waals surface area contributed by atoms with Crippen molar-refractivity contribution in [3.05, 3.63) is 70.2 Å². The first-order valence-corrected chi connectivity index (χ1v) is 6.26. The van der Waals surface area contributed by atoms with Crippen LogP contribution in [0.15, 0.2) is 48.5 Å². The summed E-state index contributed by atoms with van der Waals surface area (Å²) < 4.78 is 0. The first-order chi connectivity index (χ1) is 8.72. The van der Waals surface area contributed by atoms with Crippen molar-refractivity contribution in [3.8, 4) is 0 Å². The smallest absolute Gasteiger partial charge is 0.104 e. The SMILES string of the molecule is CNCc1ccc(Cl)cc1[C@@H](O)c1ccccc1. The Morgan fingerprint density at radius 1 is 1.17 bits per heavy atom. The Hall–Kier alpha value is -1.35. The largest absolute Gasteiger partial charge is 0.384 e. The van der Waals surface area contributed by atoms with Crippen molar-refractivity contribution in [3.63, 3.8) is 0 Å². The zero-order chi connectivity index (χ0) is 13.0. The molecule has 0 aliphatic heterocycles. The molecule has 0 saturated carbocycles. The van der Waals surface area contributed by atoms with Crippen molar-refractivity contribution in [2.45, 2.75) is 12.6 Å². The van der Waals surface area contributed by atoms with E-state index in [0.717, 1.165) is 16.7 Å². The van der Waals surface area contributed by atoms with E-state index in [4.69, 9.17) is 11.6 Å². The zero-order valence-electron chi connectivity index (χ0n) is 10.2. The monoisotopic (exact) mass is 261 g/mol. The molecular formula is C15H16ClNO. The van der Waals surface area contributed by atoms with Gasteiger partial charge in [-0.25, -0.2) is 0 Å². The normalized spacial score (nSPS) is 12.4. The third kappa shape index (κ3) is 2.91. The van der Waals surface area contributed by atoms with Crippen molar-refractivity contribution in [1.82, 2.24) is 5.32 Å². The van der Waals surface area contributed by atoms with Crippen molar-refractivity contribution in [1.29, 1.82) is 0 Å². The van der Waals surface area contributed by atoms with Gasteiger partial charge >= 0.3 is 0 Å². The van der Waals surface area contributed by atoms with Gasteiger partial charge in [0.15, 0.2) is 0 Å². The van der Waals surface area contributed by atoms with Gasteiger partial charge in [0, 0.05) is 11.6 Å². The highest BCUT2D eigenvalue weighted by molar-refractivity contribution is 6.30. The van der Waals surface area contributed by atoms with E-state index in [0.29, 0.717) is 11.6 Å². The van der Waals surface area contributed by atoms with Gasteiger partial charge in [0.25, 0.3) is 0 Å². The van der Waals surface area contributed by atoms with Crippen LogP contribution >= 0.6 is 11.6 Å². The molecule has 0 saturated heterocycles. The summed E-state index contributed by atoms with van der Waals surface area (Å²) in [6.45, 7) is 0.705. The summed E-state index contributed by atoms with van der Waals surface area (Å²) >= 11 is 6.02. The molecule has 0 aliphatic rings. The molecule has 0 heterocycles. The van der Waals surface area contributed by atoms with E-state index < -0.39 is 6.10 Å². The van der Waals surface area contributed by atoms with Crippen LogP contribution in [-0.2, 0) is 6.54 Å². The van der Waals surface area contributed by atoms with E-state index in [1.54, 1.807) is 0 Å². The maximum atomic E-state index is 10.4. The molecule has 0 aliphatic carbocycles. The van der Waals surface area contributed by atoms with Gasteiger partial charge in [0.1, 0.15) is 6.10 Å². The van der Waals surface area contributed by atoms with E-state index in [1.165, 1.54) is 0 Å². The third-order valence-electron chi connectivity index (χ3n) is 2.89. The maximum absolute atomic E-state index is 10.4. The molecule has 2 nitrogen and oxygen atoms in total. The second-order valence-electron chi connectivity index (χ2n) is 4.19. The summed E-state index contributed by atoms with van der Waals surface area (Å²) in [5.74, 6) is 0. The molecule has 3 heteroatoms. The number of hydrogen-bond donors (Lipinski definition) is 2. The molecule has 0 radical (unpaired) electrons. The van der Waals surface area contributed by atoms with Crippen LogP contribution in [-0.4, -0.2) is 12.2 Å². The quantitative estimate of drug-likeness (QED) is 0.886. The Balaban J connectivity index is 2.40. The van der Waals surface area contributed by atoms with E-state index >= 15 is 0 Å². The predicted octanol–water partition coefficient (Wildman–Crippen LogP) is 3.14. The number of aliphatic hydroxyl groups is 1. The number of hydrogen-bond acceptors (Lipinski definition) is 2. The molecule has 0 bridgehead atoms. The van der Waals surface area contributed by atoms with E-state index in [1.807, 2.05) is 55.6 Å². The fourth-order valence-corrected chi connectivity index (χ4v) is 2.17. The number of aliphatic hydroxyl groups excluding tert-OH is 1. The van der Waals surface area contributed by atoms with Crippen molar-refractivity contribution in [2.75, 3.05) is 7.05 Å². The Labute approximate surface area is 112 Å². The van der Waals surface area contributed by atoms with Gasteiger partial charge < -0.3 is 10.4 Å². The summed E-state index contributed by atoms with van der Waals surface area (Å²) in [5.41, 5.74) is 2.78. The second-order valence-corrected chi connectivity index (χ2v) is 4.62. The lowest BCUT2D eigenvalue weighted by Gasteiger charge is -2.16. The molecule has 2 N–H and O–H groups in total. The van der Waals surface area contributed by atoms with Gasteiger partial charge in [-0.05, 0) is 35.9 Å². The summed E-state index contributed by atoms with van der Waals surface area (Å²) in [4.78, 5) is 0. The Kier molecular flexibility index (Phi) is 4.37. The summed E-state index contributed by atoms with van der Waals surface area (Å²) in [6, 6.07) is 15.2. The Morgan fingerprint density at radius 3 is 2.56 bits per heavy atom. The van der Waals surface area contributed by atoms with Crippen LogP contribution in [0.3, 0.4) is 0 Å². The first kappa shape index (κ1) is 13.1. The van der Waals surface area contributed by atoms with Crippen LogP contribution in [0, 0.1) is 0 Å². The summed E-state index contributed by atoms with van der Waals surface area (Å²) in [6.07, 6.45) is -0.645. The van der Waals surface area contributed by atoms with Gasteiger partial charge in [-0.2, -0.15) is 0 Å². The van der Waals surface area contributed by atoms with Crippen LogP contribution in [0.25, 0.3) is 0 Å². The van der Waals surface area contributed by atoms with Crippen molar-refractivity contribution < 1.29 is 5.11 Å². The zero-order valence-corrected chi connectivity index (χ0v) is 11.0. The molecule has 0 aromatic heterocycles. The lowest BCUT2D eigenvalue weighted by Crippen LogP contribution is -2.10. The molecule has 0 amide bonds. The highest BCUT2D eigenvalue weighted by Gasteiger charge is 2.14. The standard InChI is InChI=1S/C15H16ClNO/c1-17-10-12-7-8-13(16)9-14(12)15(18)11-5-3-2-4-6-11/h2-9,15,17-18H,10H2,1H3/t15-/m0/s1. The topological polar surface area (TPSA) is 32.3 Å². The fraction of sp³-hybridized carbons (Fsp3) is 0.200. The molecule has 2 aromatic rings. The fourth-order valence-electron chi connectivity index (χ4n) is 1.99. The second kappa shape index (κ2) is 6.01. The molecule has 2 rings (SSSR count). The minimum absolute atomic E-state index is 0.639. The predicted molar refractivity (Wildman–Crippen MR) is 74.7 cm³/mol. The number of benzene rings is 2. The van der Waals surface area contributed by atoms with Crippen LogP contribution in [0.2, 0.25) is 5.02 Å². The summed E-state index contributed by atoms with van der Waals surface area (Å²) in [5, 5.41) is 14.2. The van der Waals surface area contributed by atoms with E-state index in [-0.39, 0.29) is 0 Å². The Morgan fingerprint density at radius 2 is 1.89 bits per heavy atom. The van der Waals surface area contributed by atoms with Gasteiger partial charge in [-0.1, -0.05) is 48.0 Å². The lowest BCUT2D eigenvalue weighted by atomic mass is 9.97. The maximum Gasteiger partial charge on any atom is 0.104 e. The van der Waals surface area contributed by atoms with E-state index in [9.17, 15) is 5.11 Å². The van der Waals surface area contributed by atoms with Crippen LogP contribution in [0.4, 0.5) is 0 Å². The molecule has 94 valence electrons. The van der Waals surface area contributed by atoms with Gasteiger partial charge in [-0.15, -0.1) is 0 Å². The molecule has 0 fully saturated rings. The average Bonchev–Trinajstić information content (AvgIpc) is 2.41. The highest BCUT2D eigenvalue weighted by atomic mass is 35.5. The molecule has 2 aromatic carbocycles. The van der Waals surface area contributed by atoms with Crippen LogP contribution in [0.1, 0.15) is 22.8 Å². The molecule has 1 atom stereocenters. The molecular weight excluding hydrogens is 246 g/mol. The number of halogens is 1. The minimum atomic E-state index is -0.645. The van der Waals surface area contributed by atoms with Gasteiger partial charge in [-0.3, -0.25) is 0 Å². The number of nitrogens with one attached hydrogen (secondary N) is 1. The highest BCUT2D eigenvalue weighted by Crippen LogP contribution is 2.27. The van der Waals surface area contributed by atoms with E-state index in [2.05, 4.69) is 5.32 Å². The Bertz CT molecular complexity index is 513. The molecule has 0 spiro atoms. The third-order valence-corrected chi connectivity index (χ3v) is 3.12. The average molecular weight is 262 g/mol. The van der Waals surface area contributed by atoms with Crippen molar-refractivity contribution in [2.24, 2.45) is 0 Å². The first-order valence-electron chi connectivity index (χ1n) is 5.88. The number of rotatable bonds is 4. The van der Waals surface area contributed by atoms with Gasteiger partial charge in [0.05, 0.1) is 0 Å². The van der Waals surface area contributed by atoms with Gasteiger partial charge in [0.2, 0.25) is 0 Å². The lowest BCUT2D eigenvalue weighted by molar-refractivity contribution is 0.219. The minimum Gasteiger partial charge on any atom is -0.384 e. The molecule has 18 heavy (non-hydrogen) atoms. The van der Waals surface area contributed by atoms with Crippen molar-refractivity contribution >= 4 is 11.6 Å². The van der Waals surface area contributed by atoms with Crippen LogP contribution < -0.4 is 5.32 Å². The van der Waals surface area contributed by atoms with Crippen LogP contribution in [0.5, 0.6) is 0 Å².